The predicted molar refractivity (Wildman–Crippen MR) is 155 cm³/mol. The van der Waals surface area contributed by atoms with Gasteiger partial charge < -0.3 is 28.5 Å². The van der Waals surface area contributed by atoms with Gasteiger partial charge in [0.15, 0.2) is 0 Å². The molecule has 0 saturated carbocycles. The Bertz CT molecular complexity index is 1540. The molecule has 1 aliphatic carbocycles. The number of rotatable bonds is 7. The molecule has 0 saturated heterocycles. The first kappa shape index (κ1) is 27.2. The van der Waals surface area contributed by atoms with Crippen molar-refractivity contribution in [3.8, 4) is 0 Å². The monoisotopic (exact) mass is 642 g/mol. The van der Waals surface area contributed by atoms with Crippen molar-refractivity contribution in [3.05, 3.63) is 144 Å². The number of benzene rings is 4. The number of carbonyl (C=O) groups is 2. The first-order valence-electron chi connectivity index (χ1n) is 12.9. The van der Waals surface area contributed by atoms with Gasteiger partial charge in [-0.3, -0.25) is 9.59 Å². The Morgan fingerprint density at radius 2 is 1.08 bits per heavy atom. The summed E-state index contributed by atoms with van der Waals surface area (Å²) in [6.07, 6.45) is 1.76. The zero-order valence-electron chi connectivity index (χ0n) is 21.6. The minimum atomic E-state index is -1.98. The second-order valence-corrected chi connectivity index (χ2v) is 13.2. The van der Waals surface area contributed by atoms with Crippen molar-refractivity contribution in [2.75, 3.05) is 6.16 Å². The smallest absolute Gasteiger partial charge is 0.214 e. The molecule has 0 spiro atoms. The number of hydrogen-bond donors (Lipinski definition) is 0. The van der Waals surface area contributed by atoms with Gasteiger partial charge in [-0.15, -0.1) is 0 Å². The molecule has 1 aromatic heterocycles. The third-order valence-electron chi connectivity index (χ3n) is 7.47. The van der Waals surface area contributed by atoms with Crippen LogP contribution in [0.15, 0.2) is 115 Å². The maximum Gasteiger partial charge on any atom is 0.214 e. The minimum absolute atomic E-state index is 0. The Labute approximate surface area is 246 Å². The summed E-state index contributed by atoms with van der Waals surface area (Å²) in [5, 5.41) is 4.01. The lowest BCUT2D eigenvalue weighted by atomic mass is 9.90. The molecule has 194 valence electrons. The Morgan fingerprint density at radius 3 is 1.56 bits per heavy atom. The zero-order chi connectivity index (χ0) is 26.1. The molecule has 0 fully saturated rings. The van der Waals surface area contributed by atoms with E-state index in [1.165, 1.54) is 15.9 Å². The number of aryl methyl sites for hydroxylation is 1. The maximum absolute atomic E-state index is 13.5. The van der Waals surface area contributed by atoms with Crippen molar-refractivity contribution in [3.63, 3.8) is 0 Å². The van der Waals surface area contributed by atoms with Crippen LogP contribution in [0.4, 0.5) is 0 Å². The van der Waals surface area contributed by atoms with Crippen molar-refractivity contribution in [2.24, 2.45) is 0 Å². The molecule has 5 aromatic rings. The van der Waals surface area contributed by atoms with Gasteiger partial charge in [0, 0.05) is 24.1 Å². The summed E-state index contributed by atoms with van der Waals surface area (Å²) in [4.78, 5) is 31.3. The summed E-state index contributed by atoms with van der Waals surface area (Å²) < 4.78 is 1.96. The van der Waals surface area contributed by atoms with Crippen LogP contribution < -0.4 is 39.9 Å². The van der Waals surface area contributed by atoms with Gasteiger partial charge >= 0.3 is 0 Å². The van der Waals surface area contributed by atoms with Crippen LogP contribution >= 0.6 is 7.26 Å². The number of ketones is 2. The number of nitrogens with zero attached hydrogens (tertiary/aromatic N) is 2. The molecule has 0 aliphatic heterocycles. The van der Waals surface area contributed by atoms with Gasteiger partial charge in [-0.05, 0) is 43.3 Å². The lowest BCUT2D eigenvalue weighted by Crippen LogP contribution is -3.00. The number of hydrogen-bond acceptors (Lipinski definition) is 3. The molecule has 6 heteroatoms. The van der Waals surface area contributed by atoms with Gasteiger partial charge in [-0.2, -0.15) is 0 Å². The summed E-state index contributed by atoms with van der Waals surface area (Å²) in [5.74, 6) is 0.412. The molecule has 4 aromatic carbocycles. The second-order valence-electron chi connectivity index (χ2n) is 9.61. The van der Waals surface area contributed by atoms with Gasteiger partial charge in [0.1, 0.15) is 40.4 Å². The van der Waals surface area contributed by atoms with E-state index in [1.54, 1.807) is 24.3 Å². The molecular formula is C33H28IN2O2P. The van der Waals surface area contributed by atoms with Crippen LogP contribution in [0.25, 0.3) is 0 Å². The molecule has 1 heterocycles. The van der Waals surface area contributed by atoms with Crippen LogP contribution in [-0.4, -0.2) is 27.3 Å². The van der Waals surface area contributed by atoms with Crippen molar-refractivity contribution >= 4 is 34.7 Å². The van der Waals surface area contributed by atoms with Gasteiger partial charge in [0.05, 0.1) is 6.16 Å². The molecule has 0 N–H and O–H groups in total. The highest BCUT2D eigenvalue weighted by Crippen LogP contribution is 2.55. The van der Waals surface area contributed by atoms with E-state index >= 15 is 0 Å². The molecule has 4 nitrogen and oxygen atoms in total. The average Bonchev–Trinajstić information content (AvgIpc) is 3.32. The molecule has 0 atom stereocenters. The lowest BCUT2D eigenvalue weighted by molar-refractivity contribution is -0.0000213. The van der Waals surface area contributed by atoms with Crippen LogP contribution in [0.1, 0.15) is 44.3 Å². The summed E-state index contributed by atoms with van der Waals surface area (Å²) in [6, 6.07) is 39.4. The number of aromatic nitrogens is 2. The van der Waals surface area contributed by atoms with E-state index in [2.05, 4.69) is 96.0 Å². The Kier molecular flexibility index (Phi) is 7.92. The minimum Gasteiger partial charge on any atom is -1.00 e. The average molecular weight is 642 g/mol. The molecule has 1 aliphatic rings. The van der Waals surface area contributed by atoms with Gasteiger partial charge in [0.25, 0.3) is 0 Å². The van der Waals surface area contributed by atoms with Gasteiger partial charge in [-0.25, -0.2) is 4.98 Å². The van der Waals surface area contributed by atoms with E-state index in [4.69, 9.17) is 0 Å². The molecule has 0 unspecified atom stereocenters. The largest absolute Gasteiger partial charge is 1.00 e. The summed E-state index contributed by atoms with van der Waals surface area (Å²) in [7, 11) is -1.98. The highest BCUT2D eigenvalue weighted by Gasteiger charge is 2.45. The van der Waals surface area contributed by atoms with Crippen LogP contribution in [0, 0.1) is 6.92 Å². The summed E-state index contributed by atoms with van der Waals surface area (Å²) in [6.45, 7) is 2.50. The van der Waals surface area contributed by atoms with Crippen molar-refractivity contribution in [1.82, 2.24) is 9.55 Å². The van der Waals surface area contributed by atoms with E-state index in [1.807, 2.05) is 11.5 Å². The number of fused-ring (bicyclic) bond motifs is 2. The summed E-state index contributed by atoms with van der Waals surface area (Å²) >= 11 is 0. The highest BCUT2D eigenvalue weighted by atomic mass is 127. The van der Waals surface area contributed by atoms with Crippen molar-refractivity contribution in [1.29, 1.82) is 0 Å². The number of carbonyl (C=O) groups excluding carboxylic acids is 2. The number of imidazole rings is 1. The van der Waals surface area contributed by atoms with Gasteiger partial charge in [-0.1, -0.05) is 78.9 Å². The van der Waals surface area contributed by atoms with E-state index in [9.17, 15) is 9.59 Å². The van der Waals surface area contributed by atoms with Crippen molar-refractivity contribution < 1.29 is 33.6 Å². The number of halogens is 1. The topological polar surface area (TPSA) is 52.0 Å². The lowest BCUT2D eigenvalue weighted by Gasteiger charge is -2.28. The molecular weight excluding hydrogens is 614 g/mol. The fourth-order valence-electron chi connectivity index (χ4n) is 5.71. The van der Waals surface area contributed by atoms with Crippen LogP contribution in [0.2, 0.25) is 0 Å². The second kappa shape index (κ2) is 11.4. The maximum atomic E-state index is 13.5. The molecule has 0 bridgehead atoms. The highest BCUT2D eigenvalue weighted by molar-refractivity contribution is 7.95. The van der Waals surface area contributed by atoms with Crippen LogP contribution in [0.3, 0.4) is 0 Å². The van der Waals surface area contributed by atoms with Crippen LogP contribution in [-0.2, 0) is 6.54 Å². The third kappa shape index (κ3) is 4.68. The predicted octanol–water partition coefficient (Wildman–Crippen LogP) is 2.36. The molecule has 0 amide bonds. The quantitative estimate of drug-likeness (QED) is 0.199. The van der Waals surface area contributed by atoms with E-state index < -0.39 is 7.26 Å². The normalized spacial score (nSPS) is 12.4. The fraction of sp³-hybridized carbons (Fsp3) is 0.121. The Hall–Kier alpha value is -3.41. The van der Waals surface area contributed by atoms with Crippen molar-refractivity contribution in [2.45, 2.75) is 19.9 Å². The molecule has 6 rings (SSSR count). The van der Waals surface area contributed by atoms with E-state index in [-0.39, 0.29) is 41.2 Å². The van der Waals surface area contributed by atoms with E-state index in [0.717, 1.165) is 12.6 Å². The zero-order valence-corrected chi connectivity index (χ0v) is 24.7. The molecule has 0 radical (unpaired) electrons. The first-order chi connectivity index (χ1) is 18.6. The fourth-order valence-corrected chi connectivity index (χ4v) is 10.0. The Morgan fingerprint density at radius 1 is 0.641 bits per heavy atom. The van der Waals surface area contributed by atoms with Gasteiger partial charge in [0.2, 0.25) is 11.6 Å². The SMILES string of the molecule is Cc1nc2c(n1CCC[P+](c1ccccc1)(c1ccccc1)c1ccccc1)C(=O)c1ccccc1C2=O.[I-]. The van der Waals surface area contributed by atoms with E-state index in [0.29, 0.717) is 29.2 Å². The molecule has 39 heavy (non-hydrogen) atoms. The Balaban J connectivity index is 0.00000308. The first-order valence-corrected chi connectivity index (χ1v) is 14.9. The van der Waals surface area contributed by atoms with Crippen LogP contribution in [0.5, 0.6) is 0 Å². The third-order valence-corrected chi connectivity index (χ3v) is 12.0. The summed E-state index contributed by atoms with van der Waals surface area (Å²) in [5.41, 5.74) is 1.61. The standard InChI is InChI=1S/C33H28N2O2P.HI/c1-24-34-30-31(33(37)29-21-12-11-20-28(29)32(30)36)35(24)22-13-23-38(25-14-5-2-6-15-25,26-16-7-3-8-17-26)27-18-9-4-10-19-27;/h2-12,14-21H,13,22-23H2,1H3;1H/q+1;/p-1.